The molecule has 152 valence electrons. The summed E-state index contributed by atoms with van der Waals surface area (Å²) in [4.78, 5) is 16.4. The van der Waals surface area contributed by atoms with Crippen LogP contribution in [0.1, 0.15) is 48.6 Å². The van der Waals surface area contributed by atoms with Gasteiger partial charge in [-0.3, -0.25) is 5.32 Å². The molecule has 28 heavy (non-hydrogen) atoms. The minimum absolute atomic E-state index is 0.209. The van der Waals surface area contributed by atoms with Crippen LogP contribution in [0.3, 0.4) is 0 Å². The molecule has 1 aromatic carbocycles. The van der Waals surface area contributed by atoms with E-state index in [-0.39, 0.29) is 18.4 Å². The Balaban J connectivity index is 1.66. The van der Waals surface area contributed by atoms with Gasteiger partial charge in [-0.05, 0) is 33.0 Å². The molecule has 1 aromatic heterocycles. The molecule has 8 heteroatoms. The zero-order valence-corrected chi connectivity index (χ0v) is 17.3. The number of anilines is 1. The van der Waals surface area contributed by atoms with Crippen molar-refractivity contribution in [3.8, 4) is 0 Å². The molecule has 3 rings (SSSR count). The van der Waals surface area contributed by atoms with E-state index in [0.717, 1.165) is 17.8 Å². The maximum atomic E-state index is 14.1. The van der Waals surface area contributed by atoms with Crippen LogP contribution in [-0.2, 0) is 6.54 Å². The molecule has 2 aromatic rings. The monoisotopic (exact) mass is 405 g/mol. The van der Waals surface area contributed by atoms with Gasteiger partial charge in [0.05, 0.1) is 6.54 Å². The summed E-state index contributed by atoms with van der Waals surface area (Å²) in [6.45, 7) is 1.38. The summed E-state index contributed by atoms with van der Waals surface area (Å²) in [6.07, 6.45) is 6.03. The fourth-order valence-corrected chi connectivity index (χ4v) is 4.28. The number of carbonyl (C=O) groups is 1. The Morgan fingerprint density at radius 3 is 2.64 bits per heavy atom. The van der Waals surface area contributed by atoms with Crippen LogP contribution < -0.4 is 5.32 Å². The molecule has 0 saturated heterocycles. The van der Waals surface area contributed by atoms with Crippen LogP contribution in [0.5, 0.6) is 0 Å². The Kier molecular flexibility index (Phi) is 7.33. The Morgan fingerprint density at radius 2 is 1.93 bits per heavy atom. The summed E-state index contributed by atoms with van der Waals surface area (Å²) >= 11 is 1.45. The summed E-state index contributed by atoms with van der Waals surface area (Å²) in [6, 6.07) is 6.27. The highest BCUT2D eigenvalue weighted by Gasteiger charge is 2.22. The molecule has 1 saturated carbocycles. The molecule has 0 aliphatic heterocycles. The lowest BCUT2D eigenvalue weighted by molar-refractivity contribution is 0.201. The molecule has 1 N–H and O–H groups in total. The van der Waals surface area contributed by atoms with Gasteiger partial charge in [-0.15, -0.1) is 10.2 Å². The third-order valence-electron chi connectivity index (χ3n) is 5.03. The highest BCUT2D eigenvalue weighted by atomic mass is 32.1. The van der Waals surface area contributed by atoms with E-state index in [1.54, 1.807) is 23.1 Å². The fourth-order valence-electron chi connectivity index (χ4n) is 3.38. The lowest BCUT2D eigenvalue weighted by Crippen LogP contribution is -2.39. The van der Waals surface area contributed by atoms with Gasteiger partial charge in [-0.2, -0.15) is 0 Å². The standard InChI is InChI=1S/C20H28FN5OS/c1-25(2)12-13-26(14-16-10-6-7-11-17(16)21)20(27)22-19-24-23-18(28-19)15-8-4-3-5-9-15/h6-7,10-11,15H,3-5,8-9,12-14H2,1-2H3,(H,22,24,27). The maximum Gasteiger partial charge on any atom is 0.324 e. The largest absolute Gasteiger partial charge is 0.324 e. The van der Waals surface area contributed by atoms with Gasteiger partial charge < -0.3 is 9.80 Å². The fraction of sp³-hybridized carbons (Fsp3) is 0.550. The van der Waals surface area contributed by atoms with E-state index in [0.29, 0.717) is 29.7 Å². The number of aromatic nitrogens is 2. The number of nitrogens with zero attached hydrogens (tertiary/aromatic N) is 4. The number of hydrogen-bond acceptors (Lipinski definition) is 5. The Labute approximate surface area is 169 Å². The van der Waals surface area contributed by atoms with Gasteiger partial charge in [0.25, 0.3) is 0 Å². The highest BCUT2D eigenvalue weighted by molar-refractivity contribution is 7.15. The van der Waals surface area contributed by atoms with E-state index < -0.39 is 0 Å². The lowest BCUT2D eigenvalue weighted by Gasteiger charge is -2.24. The quantitative estimate of drug-likeness (QED) is 0.745. The number of benzene rings is 1. The molecule has 2 amide bonds. The first-order chi connectivity index (χ1) is 13.5. The first kappa shape index (κ1) is 20.7. The Hall–Kier alpha value is -2.06. The summed E-state index contributed by atoms with van der Waals surface area (Å²) in [7, 11) is 3.89. The summed E-state index contributed by atoms with van der Waals surface area (Å²) in [5.74, 6) is 0.154. The van der Waals surface area contributed by atoms with Gasteiger partial charge in [-0.25, -0.2) is 9.18 Å². The van der Waals surface area contributed by atoms with Crippen molar-refractivity contribution in [2.24, 2.45) is 0 Å². The number of nitrogens with one attached hydrogen (secondary N) is 1. The number of likely N-dealkylation sites (N-methyl/N-ethyl adjacent to an activating group) is 1. The van der Waals surface area contributed by atoms with E-state index in [1.165, 1.54) is 36.7 Å². The van der Waals surface area contributed by atoms with Crippen LogP contribution in [-0.4, -0.2) is 53.2 Å². The van der Waals surface area contributed by atoms with Crippen molar-refractivity contribution in [1.82, 2.24) is 20.0 Å². The van der Waals surface area contributed by atoms with E-state index in [2.05, 4.69) is 15.5 Å². The average Bonchev–Trinajstić information content (AvgIpc) is 3.15. The zero-order chi connectivity index (χ0) is 19.9. The topological polar surface area (TPSA) is 61.4 Å². The Bertz CT molecular complexity index is 775. The molecule has 0 radical (unpaired) electrons. The maximum absolute atomic E-state index is 14.1. The molecule has 0 atom stereocenters. The first-order valence-electron chi connectivity index (χ1n) is 9.80. The van der Waals surface area contributed by atoms with Gasteiger partial charge in [0.1, 0.15) is 10.8 Å². The second-order valence-electron chi connectivity index (χ2n) is 7.53. The number of urea groups is 1. The number of hydrogen-bond donors (Lipinski definition) is 1. The molecule has 1 aliphatic rings. The SMILES string of the molecule is CN(C)CCN(Cc1ccccc1F)C(=O)Nc1nnc(C2CCCCC2)s1. The molecular formula is C20H28FN5OS. The molecule has 0 unspecified atom stereocenters. The molecule has 0 bridgehead atoms. The molecular weight excluding hydrogens is 377 g/mol. The molecule has 1 aliphatic carbocycles. The normalized spacial score (nSPS) is 15.0. The van der Waals surface area contributed by atoms with Crippen molar-refractivity contribution in [3.63, 3.8) is 0 Å². The van der Waals surface area contributed by atoms with Gasteiger partial charge in [0.2, 0.25) is 5.13 Å². The van der Waals surface area contributed by atoms with Gasteiger partial charge in [0.15, 0.2) is 0 Å². The lowest BCUT2D eigenvalue weighted by atomic mass is 9.90. The van der Waals surface area contributed by atoms with Gasteiger partial charge in [-0.1, -0.05) is 48.8 Å². The predicted octanol–water partition coefficient (Wildman–Crippen LogP) is 4.32. The van der Waals surface area contributed by atoms with Crippen LogP contribution in [0.4, 0.5) is 14.3 Å². The Morgan fingerprint density at radius 1 is 1.18 bits per heavy atom. The van der Waals surface area contributed by atoms with Crippen LogP contribution in [0.2, 0.25) is 0 Å². The van der Waals surface area contributed by atoms with Crippen molar-refractivity contribution < 1.29 is 9.18 Å². The van der Waals surface area contributed by atoms with Crippen LogP contribution in [0.15, 0.2) is 24.3 Å². The number of amides is 2. The number of rotatable bonds is 7. The summed E-state index contributed by atoms with van der Waals surface area (Å²) < 4.78 is 14.1. The van der Waals surface area contributed by atoms with E-state index in [1.807, 2.05) is 19.0 Å². The summed E-state index contributed by atoms with van der Waals surface area (Å²) in [5, 5.41) is 12.8. The van der Waals surface area contributed by atoms with E-state index >= 15 is 0 Å². The third kappa shape index (κ3) is 5.72. The van der Waals surface area contributed by atoms with Crippen molar-refractivity contribution in [3.05, 3.63) is 40.7 Å². The van der Waals surface area contributed by atoms with Crippen molar-refractivity contribution in [2.75, 3.05) is 32.5 Å². The van der Waals surface area contributed by atoms with Crippen molar-refractivity contribution in [2.45, 2.75) is 44.6 Å². The van der Waals surface area contributed by atoms with E-state index in [4.69, 9.17) is 0 Å². The molecule has 1 heterocycles. The second kappa shape index (κ2) is 9.93. The van der Waals surface area contributed by atoms with Crippen molar-refractivity contribution >= 4 is 22.5 Å². The minimum atomic E-state index is -0.305. The van der Waals surface area contributed by atoms with Gasteiger partial charge >= 0.3 is 6.03 Å². The summed E-state index contributed by atoms with van der Waals surface area (Å²) in [5.41, 5.74) is 0.497. The number of carbonyl (C=O) groups excluding carboxylic acids is 1. The molecule has 0 spiro atoms. The first-order valence-corrected chi connectivity index (χ1v) is 10.6. The van der Waals surface area contributed by atoms with Gasteiger partial charge in [0, 0.05) is 24.6 Å². The zero-order valence-electron chi connectivity index (χ0n) is 16.5. The second-order valence-corrected chi connectivity index (χ2v) is 8.54. The van der Waals surface area contributed by atoms with Crippen LogP contribution >= 0.6 is 11.3 Å². The molecule has 6 nitrogen and oxygen atoms in total. The molecule has 1 fully saturated rings. The number of halogens is 1. The average molecular weight is 406 g/mol. The minimum Gasteiger partial charge on any atom is -0.319 e. The smallest absolute Gasteiger partial charge is 0.319 e. The third-order valence-corrected chi connectivity index (χ3v) is 6.03. The highest BCUT2D eigenvalue weighted by Crippen LogP contribution is 2.35. The van der Waals surface area contributed by atoms with Crippen molar-refractivity contribution in [1.29, 1.82) is 0 Å². The van der Waals surface area contributed by atoms with Crippen LogP contribution in [0, 0.1) is 5.82 Å². The predicted molar refractivity (Wildman–Crippen MR) is 110 cm³/mol. The van der Waals surface area contributed by atoms with Crippen LogP contribution in [0.25, 0.3) is 0 Å². The van der Waals surface area contributed by atoms with E-state index in [9.17, 15) is 9.18 Å².